The van der Waals surface area contributed by atoms with Gasteiger partial charge in [0.05, 0.1) is 23.2 Å². The molecule has 2 heterocycles. The van der Waals surface area contributed by atoms with Gasteiger partial charge in [0.15, 0.2) is 5.96 Å². The standard InChI is InChI=1S/C31H35N7O5S/c1-20-16-25(22-8-4-3-5-9-22)17-21(2)27(20)44(42,43)38-31(29(40)41,12-6-7-13-32-30-33-14-15-34-30)36-28(39)23-10-11-24-19-35-37-26(24)18-23/h3-5,8-11,16-19,38H,6-7,12-15H2,1-2H3,(H,35,37)(H,36,39)(H,40,41)(H2,32,33,34). The Morgan fingerprint density at radius 1 is 1.00 bits per heavy atom. The highest BCUT2D eigenvalue weighted by atomic mass is 32.2. The summed E-state index contributed by atoms with van der Waals surface area (Å²) in [5.41, 5.74) is 1.04. The lowest BCUT2D eigenvalue weighted by molar-refractivity contribution is -0.145. The lowest BCUT2D eigenvalue weighted by Gasteiger charge is -2.32. The van der Waals surface area contributed by atoms with Crippen LogP contribution in [0.4, 0.5) is 0 Å². The number of carboxylic acid groups (broad SMARTS) is 1. The molecule has 12 nitrogen and oxygen atoms in total. The highest BCUT2D eigenvalue weighted by Crippen LogP contribution is 2.29. The van der Waals surface area contributed by atoms with Crippen molar-refractivity contribution in [2.45, 2.75) is 43.7 Å². The van der Waals surface area contributed by atoms with Gasteiger partial charge in [-0.05, 0) is 67.5 Å². The zero-order valence-electron chi connectivity index (χ0n) is 24.5. The molecule has 0 radical (unpaired) electrons. The number of sulfonamides is 1. The number of aromatic nitrogens is 2. The molecule has 0 bridgehead atoms. The third-order valence-electron chi connectivity index (χ3n) is 7.49. The van der Waals surface area contributed by atoms with Gasteiger partial charge in [0, 0.05) is 24.0 Å². The predicted molar refractivity (Wildman–Crippen MR) is 168 cm³/mol. The number of carboxylic acids is 1. The second kappa shape index (κ2) is 12.9. The summed E-state index contributed by atoms with van der Waals surface area (Å²) in [6.45, 7) is 5.24. The van der Waals surface area contributed by atoms with Gasteiger partial charge < -0.3 is 21.1 Å². The Kier molecular flexibility index (Phi) is 8.97. The SMILES string of the molecule is Cc1cc(-c2ccccc2)cc(C)c1S(=O)(=O)NC(CCCCNC1=NCCN1)(NC(=O)c1ccc2cn[nH]c2c1)C(=O)O. The number of fused-ring (bicyclic) bond motifs is 1. The van der Waals surface area contributed by atoms with Gasteiger partial charge in [0.1, 0.15) is 0 Å². The van der Waals surface area contributed by atoms with Crippen molar-refractivity contribution in [2.24, 2.45) is 4.99 Å². The first-order valence-corrected chi connectivity index (χ1v) is 15.8. The summed E-state index contributed by atoms with van der Waals surface area (Å²) < 4.78 is 30.4. The first-order valence-electron chi connectivity index (χ1n) is 14.3. The fourth-order valence-corrected chi connectivity index (χ4v) is 7.14. The Balaban J connectivity index is 1.44. The van der Waals surface area contributed by atoms with Crippen LogP contribution in [-0.4, -0.2) is 66.9 Å². The van der Waals surface area contributed by atoms with E-state index in [0.29, 0.717) is 42.1 Å². The van der Waals surface area contributed by atoms with Crippen molar-refractivity contribution >= 4 is 38.8 Å². The van der Waals surface area contributed by atoms with Crippen LogP contribution >= 0.6 is 0 Å². The zero-order chi connectivity index (χ0) is 31.3. The van der Waals surface area contributed by atoms with Crippen LogP contribution in [0.3, 0.4) is 0 Å². The number of amides is 1. The van der Waals surface area contributed by atoms with E-state index >= 15 is 0 Å². The van der Waals surface area contributed by atoms with E-state index < -0.39 is 27.6 Å². The molecule has 1 aliphatic rings. The predicted octanol–water partition coefficient (Wildman–Crippen LogP) is 3.06. The van der Waals surface area contributed by atoms with Gasteiger partial charge in [-0.15, -0.1) is 0 Å². The van der Waals surface area contributed by atoms with Crippen LogP contribution in [0.2, 0.25) is 0 Å². The number of hydrogen-bond donors (Lipinski definition) is 6. The molecule has 44 heavy (non-hydrogen) atoms. The fourth-order valence-electron chi connectivity index (χ4n) is 5.38. The number of guanidine groups is 1. The quantitative estimate of drug-likeness (QED) is 0.104. The van der Waals surface area contributed by atoms with E-state index in [4.69, 9.17) is 0 Å². The second-order valence-electron chi connectivity index (χ2n) is 10.8. The van der Waals surface area contributed by atoms with Gasteiger partial charge in [-0.3, -0.25) is 14.9 Å². The molecule has 0 fully saturated rings. The van der Waals surface area contributed by atoms with Crippen molar-refractivity contribution in [1.82, 2.24) is 30.9 Å². The van der Waals surface area contributed by atoms with E-state index in [2.05, 4.69) is 35.9 Å². The maximum atomic E-state index is 14.0. The minimum atomic E-state index is -4.44. The van der Waals surface area contributed by atoms with Crippen molar-refractivity contribution < 1.29 is 23.1 Å². The normalized spacial score (nSPS) is 14.5. The Hall–Kier alpha value is -4.75. The summed E-state index contributed by atoms with van der Waals surface area (Å²) in [6, 6.07) is 17.8. The lowest BCUT2D eigenvalue weighted by Crippen LogP contribution is -2.65. The highest BCUT2D eigenvalue weighted by molar-refractivity contribution is 7.89. The number of hydrogen-bond acceptors (Lipinski definition) is 8. The molecule has 1 atom stereocenters. The van der Waals surface area contributed by atoms with Crippen molar-refractivity contribution in [3.63, 3.8) is 0 Å². The molecular formula is C31H35N7O5S. The minimum absolute atomic E-state index is 0.0390. The summed E-state index contributed by atoms with van der Waals surface area (Å²) in [7, 11) is -4.44. The number of aliphatic imine (C=N–C) groups is 1. The summed E-state index contributed by atoms with van der Waals surface area (Å²) in [5.74, 6) is -1.60. The highest BCUT2D eigenvalue weighted by Gasteiger charge is 2.44. The second-order valence-corrected chi connectivity index (χ2v) is 12.4. The van der Waals surface area contributed by atoms with Crippen LogP contribution in [0.1, 0.15) is 40.7 Å². The number of unbranched alkanes of at least 4 members (excludes halogenated alkanes) is 1. The van der Waals surface area contributed by atoms with E-state index in [1.165, 1.54) is 12.1 Å². The number of H-pyrrole nitrogens is 1. The maximum Gasteiger partial charge on any atom is 0.345 e. The van der Waals surface area contributed by atoms with Crippen LogP contribution in [0.5, 0.6) is 0 Å². The third-order valence-corrected chi connectivity index (χ3v) is 9.28. The van der Waals surface area contributed by atoms with E-state index in [1.807, 2.05) is 30.3 Å². The minimum Gasteiger partial charge on any atom is -0.478 e. The van der Waals surface area contributed by atoms with Crippen molar-refractivity contribution in [3.8, 4) is 11.1 Å². The molecule has 0 saturated carbocycles. The van der Waals surface area contributed by atoms with Crippen molar-refractivity contribution in [3.05, 3.63) is 83.6 Å². The van der Waals surface area contributed by atoms with Gasteiger partial charge in [0.25, 0.3) is 5.91 Å². The van der Waals surface area contributed by atoms with Crippen LogP contribution in [-0.2, 0) is 14.8 Å². The first kappa shape index (κ1) is 30.7. The van der Waals surface area contributed by atoms with Crippen LogP contribution in [0.25, 0.3) is 22.0 Å². The number of carbonyl (C=O) groups excluding carboxylic acids is 1. The molecule has 13 heteroatoms. The Morgan fingerprint density at radius 3 is 2.43 bits per heavy atom. The molecule has 6 N–H and O–H groups in total. The summed E-state index contributed by atoms with van der Waals surface area (Å²) >= 11 is 0. The van der Waals surface area contributed by atoms with E-state index in [1.54, 1.807) is 38.2 Å². The fraction of sp³-hybridized carbons (Fsp3) is 0.290. The topological polar surface area (TPSA) is 178 Å². The van der Waals surface area contributed by atoms with E-state index in [-0.39, 0.29) is 23.3 Å². The van der Waals surface area contributed by atoms with Crippen LogP contribution < -0.4 is 20.7 Å². The van der Waals surface area contributed by atoms with Gasteiger partial charge in [-0.1, -0.05) is 48.5 Å². The van der Waals surface area contributed by atoms with Crippen molar-refractivity contribution in [1.29, 1.82) is 0 Å². The molecule has 3 aromatic carbocycles. The molecule has 1 aliphatic heterocycles. The number of aliphatic carboxylic acids is 1. The van der Waals surface area contributed by atoms with E-state index in [9.17, 15) is 23.1 Å². The molecule has 1 amide bonds. The summed E-state index contributed by atoms with van der Waals surface area (Å²) in [4.78, 5) is 30.6. The zero-order valence-corrected chi connectivity index (χ0v) is 25.3. The molecule has 0 saturated heterocycles. The van der Waals surface area contributed by atoms with Gasteiger partial charge in [-0.2, -0.15) is 9.82 Å². The summed E-state index contributed by atoms with van der Waals surface area (Å²) in [6.07, 6.45) is 2.17. The molecule has 230 valence electrons. The lowest BCUT2D eigenvalue weighted by atomic mass is 10.0. The third kappa shape index (κ3) is 6.74. The molecule has 5 rings (SSSR count). The number of carbonyl (C=O) groups is 2. The number of nitrogens with one attached hydrogen (secondary N) is 5. The van der Waals surface area contributed by atoms with Crippen molar-refractivity contribution in [2.75, 3.05) is 19.6 Å². The van der Waals surface area contributed by atoms with E-state index in [0.717, 1.165) is 23.1 Å². The smallest absolute Gasteiger partial charge is 0.345 e. The van der Waals surface area contributed by atoms with Gasteiger partial charge in [0.2, 0.25) is 15.7 Å². The molecule has 0 spiro atoms. The van der Waals surface area contributed by atoms with Gasteiger partial charge in [-0.25, -0.2) is 13.2 Å². The number of benzene rings is 3. The average molecular weight is 618 g/mol. The van der Waals surface area contributed by atoms with Crippen LogP contribution in [0, 0.1) is 13.8 Å². The van der Waals surface area contributed by atoms with Crippen LogP contribution in [0.15, 0.2) is 76.7 Å². The summed E-state index contributed by atoms with van der Waals surface area (Å²) in [5, 5.41) is 26.8. The number of aryl methyl sites for hydroxylation is 2. The largest absolute Gasteiger partial charge is 0.478 e. The average Bonchev–Trinajstić information content (AvgIpc) is 3.68. The molecule has 4 aromatic rings. The molecule has 1 unspecified atom stereocenters. The number of rotatable bonds is 12. The monoisotopic (exact) mass is 617 g/mol. The Bertz CT molecular complexity index is 1800. The van der Waals surface area contributed by atoms with Gasteiger partial charge >= 0.3 is 5.97 Å². The molecule has 0 aliphatic carbocycles. The Labute approximate surface area is 255 Å². The Morgan fingerprint density at radius 2 is 1.75 bits per heavy atom. The maximum absolute atomic E-state index is 14.0. The molecule has 1 aromatic heterocycles. The number of nitrogens with zero attached hydrogens (tertiary/aromatic N) is 2. The molecular weight excluding hydrogens is 582 g/mol. The number of aromatic amines is 1. The first-order chi connectivity index (χ1) is 21.1.